The van der Waals surface area contributed by atoms with Gasteiger partial charge in [0.25, 0.3) is 0 Å². The van der Waals surface area contributed by atoms with Crippen LogP contribution in [0.25, 0.3) is 0 Å². The van der Waals surface area contributed by atoms with Crippen molar-refractivity contribution in [2.45, 2.75) is 78.2 Å². The Morgan fingerprint density at radius 1 is 1.11 bits per heavy atom. The Kier molecular flexibility index (Phi) is 5.22. The van der Waals surface area contributed by atoms with E-state index in [0.717, 1.165) is 19.6 Å². The summed E-state index contributed by atoms with van der Waals surface area (Å²) in [7, 11) is 0. The summed E-state index contributed by atoms with van der Waals surface area (Å²) in [6.45, 7) is 18.6. The fourth-order valence-corrected chi connectivity index (χ4v) is 3.31. The van der Waals surface area contributed by atoms with Gasteiger partial charge in [-0.1, -0.05) is 13.8 Å². The molecule has 3 heteroatoms. The van der Waals surface area contributed by atoms with E-state index in [0.29, 0.717) is 12.1 Å². The van der Waals surface area contributed by atoms with Gasteiger partial charge >= 0.3 is 0 Å². The van der Waals surface area contributed by atoms with Crippen molar-refractivity contribution in [2.75, 3.05) is 19.6 Å². The first kappa shape index (κ1) is 15.9. The highest BCUT2D eigenvalue weighted by atomic mass is 16.5. The molecule has 3 nitrogen and oxygen atoms in total. The van der Waals surface area contributed by atoms with Gasteiger partial charge in [-0.25, -0.2) is 0 Å². The van der Waals surface area contributed by atoms with Gasteiger partial charge in [-0.3, -0.25) is 4.90 Å². The molecule has 1 aliphatic rings. The Morgan fingerprint density at radius 3 is 2.00 bits per heavy atom. The quantitative estimate of drug-likeness (QED) is 0.818. The van der Waals surface area contributed by atoms with E-state index in [1.54, 1.807) is 0 Å². The summed E-state index contributed by atoms with van der Waals surface area (Å²) < 4.78 is 6.15. The maximum Gasteiger partial charge on any atom is 0.0760 e. The van der Waals surface area contributed by atoms with Crippen LogP contribution in [0.5, 0.6) is 0 Å². The molecule has 1 heterocycles. The summed E-state index contributed by atoms with van der Waals surface area (Å²) in [5, 5.41) is 3.60. The average Bonchev–Trinajstić information content (AvgIpc) is 2.20. The molecule has 2 unspecified atom stereocenters. The lowest BCUT2D eigenvalue weighted by Crippen LogP contribution is -2.62. The summed E-state index contributed by atoms with van der Waals surface area (Å²) in [6, 6.07) is 1.12. The molecule has 2 atom stereocenters. The highest BCUT2D eigenvalue weighted by molar-refractivity contribution is 4.93. The van der Waals surface area contributed by atoms with Crippen LogP contribution < -0.4 is 5.32 Å². The monoisotopic (exact) mass is 256 g/mol. The lowest BCUT2D eigenvalue weighted by molar-refractivity contribution is -0.188. The molecule has 0 aromatic heterocycles. The van der Waals surface area contributed by atoms with Crippen molar-refractivity contribution in [3.63, 3.8) is 0 Å². The van der Waals surface area contributed by atoms with Gasteiger partial charge in [-0.15, -0.1) is 0 Å². The number of ether oxygens (including phenoxy) is 1. The molecule has 0 saturated carbocycles. The van der Waals surface area contributed by atoms with Crippen molar-refractivity contribution in [1.29, 1.82) is 0 Å². The lowest BCUT2D eigenvalue weighted by Gasteiger charge is -2.50. The van der Waals surface area contributed by atoms with Crippen LogP contribution in [0, 0.1) is 0 Å². The van der Waals surface area contributed by atoms with Crippen molar-refractivity contribution < 1.29 is 4.74 Å². The van der Waals surface area contributed by atoms with Crippen LogP contribution in [0.4, 0.5) is 0 Å². The van der Waals surface area contributed by atoms with Crippen LogP contribution in [0.2, 0.25) is 0 Å². The molecule has 18 heavy (non-hydrogen) atoms. The molecular weight excluding hydrogens is 224 g/mol. The summed E-state index contributed by atoms with van der Waals surface area (Å²) in [5.41, 5.74) is -0.110. The van der Waals surface area contributed by atoms with Crippen LogP contribution in [0.15, 0.2) is 0 Å². The molecule has 0 aliphatic carbocycles. The zero-order valence-electron chi connectivity index (χ0n) is 13.3. The number of rotatable bonds is 5. The molecule has 0 aromatic rings. The summed E-state index contributed by atoms with van der Waals surface area (Å²) in [6.07, 6.45) is 1.17. The second-order valence-corrected chi connectivity index (χ2v) is 6.84. The molecule has 0 aromatic carbocycles. The largest absolute Gasteiger partial charge is 0.367 e. The van der Waals surface area contributed by atoms with E-state index in [4.69, 9.17) is 4.74 Å². The lowest BCUT2D eigenvalue weighted by atomic mass is 9.95. The van der Waals surface area contributed by atoms with Crippen LogP contribution >= 0.6 is 0 Å². The maximum absolute atomic E-state index is 6.15. The fraction of sp³-hybridized carbons (Fsp3) is 1.00. The van der Waals surface area contributed by atoms with Crippen LogP contribution in [0.3, 0.4) is 0 Å². The second kappa shape index (κ2) is 5.89. The van der Waals surface area contributed by atoms with E-state index < -0.39 is 0 Å². The molecule has 1 N–H and O–H groups in total. The Balaban J connectivity index is 2.75. The molecule has 1 aliphatic heterocycles. The number of hydrogen-bond acceptors (Lipinski definition) is 3. The minimum absolute atomic E-state index is 0.0550. The molecule has 0 radical (unpaired) electrons. The van der Waals surface area contributed by atoms with Gasteiger partial charge in [0.2, 0.25) is 0 Å². The molecule has 108 valence electrons. The second-order valence-electron chi connectivity index (χ2n) is 6.84. The molecular formula is C15H32N2O. The van der Waals surface area contributed by atoms with Crippen molar-refractivity contribution >= 4 is 0 Å². The summed E-state index contributed by atoms with van der Waals surface area (Å²) in [5.74, 6) is 0. The van der Waals surface area contributed by atoms with Gasteiger partial charge < -0.3 is 10.1 Å². The van der Waals surface area contributed by atoms with Crippen LogP contribution in [0.1, 0.15) is 54.9 Å². The Hall–Kier alpha value is -0.120. The number of nitrogens with zero attached hydrogens (tertiary/aromatic N) is 1. The number of likely N-dealkylation sites (N-methyl/N-ethyl adjacent to an activating group) is 1. The van der Waals surface area contributed by atoms with E-state index in [2.05, 4.69) is 58.7 Å². The van der Waals surface area contributed by atoms with E-state index in [1.807, 2.05) is 0 Å². The minimum atomic E-state index is -0.0550. The first-order valence-electron chi connectivity index (χ1n) is 7.38. The van der Waals surface area contributed by atoms with E-state index in [1.165, 1.54) is 6.42 Å². The van der Waals surface area contributed by atoms with E-state index >= 15 is 0 Å². The third-order valence-corrected chi connectivity index (χ3v) is 3.78. The number of hydrogen-bond donors (Lipinski definition) is 1. The third-order valence-electron chi connectivity index (χ3n) is 3.78. The molecule has 0 bridgehead atoms. The first-order chi connectivity index (χ1) is 8.21. The van der Waals surface area contributed by atoms with Gasteiger partial charge in [0.05, 0.1) is 11.2 Å². The molecule has 1 rings (SSSR count). The zero-order valence-corrected chi connectivity index (χ0v) is 13.3. The minimum Gasteiger partial charge on any atom is -0.367 e. The van der Waals surface area contributed by atoms with Gasteiger partial charge in [-0.2, -0.15) is 0 Å². The SMILES string of the molecule is CCNC(CC)C(C)N1CC(C)(C)OC(C)(C)C1. The number of morpholine rings is 1. The van der Waals surface area contributed by atoms with Gasteiger partial charge in [0.15, 0.2) is 0 Å². The first-order valence-corrected chi connectivity index (χ1v) is 7.38. The Labute approximate surface area is 113 Å². The van der Waals surface area contributed by atoms with E-state index in [-0.39, 0.29) is 11.2 Å². The van der Waals surface area contributed by atoms with Crippen LogP contribution in [-0.4, -0.2) is 47.8 Å². The Morgan fingerprint density at radius 2 is 1.61 bits per heavy atom. The van der Waals surface area contributed by atoms with Crippen molar-refractivity contribution in [1.82, 2.24) is 10.2 Å². The van der Waals surface area contributed by atoms with Gasteiger partial charge in [0.1, 0.15) is 0 Å². The average molecular weight is 256 g/mol. The van der Waals surface area contributed by atoms with Crippen molar-refractivity contribution in [3.8, 4) is 0 Å². The predicted molar refractivity (Wildman–Crippen MR) is 78.0 cm³/mol. The van der Waals surface area contributed by atoms with Crippen molar-refractivity contribution in [2.24, 2.45) is 0 Å². The predicted octanol–water partition coefficient (Wildman–Crippen LogP) is 2.65. The normalized spacial score (nSPS) is 26.8. The topological polar surface area (TPSA) is 24.5 Å². The molecule has 0 spiro atoms. The third kappa shape index (κ3) is 4.22. The van der Waals surface area contributed by atoms with Gasteiger partial charge in [0, 0.05) is 25.2 Å². The molecule has 0 amide bonds. The standard InChI is InChI=1S/C15H32N2O/c1-8-13(16-9-2)12(3)17-10-14(4,5)18-15(6,7)11-17/h12-13,16H,8-11H2,1-7H3. The van der Waals surface area contributed by atoms with E-state index in [9.17, 15) is 0 Å². The number of nitrogens with one attached hydrogen (secondary N) is 1. The highest BCUT2D eigenvalue weighted by Gasteiger charge is 2.40. The molecule has 1 saturated heterocycles. The van der Waals surface area contributed by atoms with Gasteiger partial charge in [-0.05, 0) is 47.6 Å². The highest BCUT2D eigenvalue weighted by Crippen LogP contribution is 2.29. The fourth-order valence-electron chi connectivity index (χ4n) is 3.31. The van der Waals surface area contributed by atoms with Crippen molar-refractivity contribution in [3.05, 3.63) is 0 Å². The smallest absolute Gasteiger partial charge is 0.0760 e. The maximum atomic E-state index is 6.15. The zero-order chi connectivity index (χ0) is 14.0. The molecule has 1 fully saturated rings. The van der Waals surface area contributed by atoms with Crippen LogP contribution in [-0.2, 0) is 4.74 Å². The Bertz CT molecular complexity index is 247. The summed E-state index contributed by atoms with van der Waals surface area (Å²) >= 11 is 0. The summed E-state index contributed by atoms with van der Waals surface area (Å²) in [4.78, 5) is 2.58.